The maximum Gasteiger partial charge on any atom is 0.417 e. The van der Waals surface area contributed by atoms with Crippen molar-refractivity contribution >= 4 is 5.97 Å². The molecule has 0 rings (SSSR count). The molecule has 0 bridgehead atoms. The van der Waals surface area contributed by atoms with E-state index in [-0.39, 0.29) is 6.42 Å². The standard InChI is InChI=1S/C14H24F4O3/c1-7-12(5,15)10(19)21-9(11(2,3)4)8-13(6,20)14(16,17)18/h9,20H,7-8H2,1-6H3. The first-order valence-corrected chi connectivity index (χ1v) is 6.73. The Kier molecular flexibility index (Phi) is 5.86. The minimum atomic E-state index is -4.87. The average molecular weight is 316 g/mol. The Balaban J connectivity index is 5.24. The second-order valence-electron chi connectivity index (χ2n) is 6.79. The summed E-state index contributed by atoms with van der Waals surface area (Å²) in [5.74, 6) is -1.22. The van der Waals surface area contributed by atoms with E-state index in [1.807, 2.05) is 0 Å². The van der Waals surface area contributed by atoms with E-state index in [1.165, 1.54) is 6.92 Å². The summed E-state index contributed by atoms with van der Waals surface area (Å²) >= 11 is 0. The minimum Gasteiger partial charge on any atom is -0.459 e. The van der Waals surface area contributed by atoms with Gasteiger partial charge in [-0.25, -0.2) is 9.18 Å². The van der Waals surface area contributed by atoms with Crippen LogP contribution in [0, 0.1) is 5.41 Å². The van der Waals surface area contributed by atoms with Gasteiger partial charge in [-0.3, -0.25) is 0 Å². The van der Waals surface area contributed by atoms with E-state index in [0.717, 1.165) is 6.92 Å². The fourth-order valence-electron chi connectivity index (χ4n) is 1.40. The molecule has 0 aromatic heterocycles. The molecule has 0 aromatic carbocycles. The lowest BCUT2D eigenvalue weighted by Gasteiger charge is -2.37. The summed E-state index contributed by atoms with van der Waals surface area (Å²) in [5.41, 5.74) is -6.17. The Hall–Kier alpha value is -0.850. The molecule has 0 fully saturated rings. The molecule has 0 aliphatic rings. The zero-order chi connectivity index (χ0) is 17.3. The Morgan fingerprint density at radius 3 is 1.81 bits per heavy atom. The molecule has 0 amide bonds. The van der Waals surface area contributed by atoms with Crippen molar-refractivity contribution in [2.24, 2.45) is 5.41 Å². The fraction of sp³-hybridized carbons (Fsp3) is 0.929. The van der Waals surface area contributed by atoms with Crippen LogP contribution in [0.25, 0.3) is 0 Å². The van der Waals surface area contributed by atoms with E-state index in [9.17, 15) is 27.5 Å². The van der Waals surface area contributed by atoms with Crippen molar-refractivity contribution in [3.05, 3.63) is 0 Å². The first-order valence-electron chi connectivity index (χ1n) is 6.73. The van der Waals surface area contributed by atoms with Gasteiger partial charge in [0.1, 0.15) is 6.10 Å². The second-order valence-corrected chi connectivity index (χ2v) is 6.79. The Morgan fingerprint density at radius 2 is 1.52 bits per heavy atom. The normalized spacial score (nSPS) is 20.3. The molecule has 0 saturated carbocycles. The molecule has 0 aliphatic heterocycles. The zero-order valence-electron chi connectivity index (χ0n) is 13.3. The minimum absolute atomic E-state index is 0.154. The third-order valence-corrected chi connectivity index (χ3v) is 3.50. The number of carbonyl (C=O) groups excluding carboxylic acids is 1. The molecule has 3 unspecified atom stereocenters. The highest BCUT2D eigenvalue weighted by Gasteiger charge is 2.53. The van der Waals surface area contributed by atoms with Crippen LogP contribution in [-0.4, -0.2) is 34.6 Å². The lowest BCUT2D eigenvalue weighted by molar-refractivity contribution is -0.265. The number of ether oxygens (including phenoxy) is 1. The van der Waals surface area contributed by atoms with Gasteiger partial charge in [-0.05, 0) is 25.7 Å². The number of hydrogen-bond donors (Lipinski definition) is 1. The highest BCUT2D eigenvalue weighted by Crippen LogP contribution is 2.38. The molecule has 1 N–H and O–H groups in total. The zero-order valence-corrected chi connectivity index (χ0v) is 13.3. The summed E-state index contributed by atoms with van der Waals surface area (Å²) < 4.78 is 57.1. The molecule has 3 atom stereocenters. The van der Waals surface area contributed by atoms with Crippen molar-refractivity contribution < 1.29 is 32.2 Å². The Labute approximate surface area is 122 Å². The van der Waals surface area contributed by atoms with E-state index in [0.29, 0.717) is 6.92 Å². The van der Waals surface area contributed by atoms with Crippen LogP contribution in [0.4, 0.5) is 17.6 Å². The van der Waals surface area contributed by atoms with Gasteiger partial charge >= 0.3 is 12.1 Å². The van der Waals surface area contributed by atoms with Crippen LogP contribution in [0.2, 0.25) is 0 Å². The predicted molar refractivity (Wildman–Crippen MR) is 70.4 cm³/mol. The van der Waals surface area contributed by atoms with Gasteiger partial charge in [0.15, 0.2) is 5.60 Å². The maximum atomic E-state index is 13.9. The fourth-order valence-corrected chi connectivity index (χ4v) is 1.40. The van der Waals surface area contributed by atoms with Gasteiger partial charge in [0, 0.05) is 6.42 Å². The topological polar surface area (TPSA) is 46.5 Å². The van der Waals surface area contributed by atoms with Crippen molar-refractivity contribution in [2.45, 2.75) is 77.9 Å². The summed E-state index contributed by atoms with van der Waals surface area (Å²) in [5, 5.41) is 9.55. The summed E-state index contributed by atoms with van der Waals surface area (Å²) in [7, 11) is 0. The SMILES string of the molecule is CCC(C)(F)C(=O)OC(CC(C)(O)C(F)(F)F)C(C)(C)C. The Bertz CT molecular complexity index is 367. The highest BCUT2D eigenvalue weighted by molar-refractivity contribution is 5.79. The van der Waals surface area contributed by atoms with E-state index in [4.69, 9.17) is 4.74 Å². The van der Waals surface area contributed by atoms with Gasteiger partial charge in [0.05, 0.1) is 0 Å². The average Bonchev–Trinajstić information content (AvgIpc) is 2.24. The van der Waals surface area contributed by atoms with Crippen LogP contribution >= 0.6 is 0 Å². The van der Waals surface area contributed by atoms with E-state index >= 15 is 0 Å². The van der Waals surface area contributed by atoms with Crippen LogP contribution in [-0.2, 0) is 9.53 Å². The third-order valence-electron chi connectivity index (χ3n) is 3.50. The number of carbonyl (C=O) groups is 1. The quantitative estimate of drug-likeness (QED) is 0.620. The van der Waals surface area contributed by atoms with Crippen molar-refractivity contribution in [3.63, 3.8) is 0 Å². The van der Waals surface area contributed by atoms with Crippen molar-refractivity contribution in [2.75, 3.05) is 0 Å². The summed E-state index contributed by atoms with van der Waals surface area (Å²) in [6, 6.07) is 0. The van der Waals surface area contributed by atoms with Gasteiger partial charge < -0.3 is 9.84 Å². The molecule has 0 radical (unpaired) electrons. The number of aliphatic hydroxyl groups is 1. The van der Waals surface area contributed by atoms with Gasteiger partial charge in [0.25, 0.3) is 0 Å². The molecule has 7 heteroatoms. The second kappa shape index (κ2) is 6.10. The van der Waals surface area contributed by atoms with Gasteiger partial charge in [-0.2, -0.15) is 13.2 Å². The summed E-state index contributed by atoms with van der Waals surface area (Å²) in [6.45, 7) is 7.71. The summed E-state index contributed by atoms with van der Waals surface area (Å²) in [6.07, 6.45) is -7.15. The van der Waals surface area contributed by atoms with Crippen LogP contribution < -0.4 is 0 Å². The van der Waals surface area contributed by atoms with Crippen molar-refractivity contribution in [3.8, 4) is 0 Å². The van der Waals surface area contributed by atoms with E-state index in [1.54, 1.807) is 20.8 Å². The molecule has 21 heavy (non-hydrogen) atoms. The number of halogens is 4. The molecule has 0 spiro atoms. The molecule has 0 heterocycles. The third kappa shape index (κ3) is 5.45. The number of hydrogen-bond acceptors (Lipinski definition) is 3. The van der Waals surface area contributed by atoms with Crippen LogP contribution in [0.5, 0.6) is 0 Å². The lowest BCUT2D eigenvalue weighted by atomic mass is 9.82. The van der Waals surface area contributed by atoms with Gasteiger partial charge in [-0.1, -0.05) is 27.7 Å². The van der Waals surface area contributed by atoms with Gasteiger partial charge in [-0.15, -0.1) is 0 Å². The summed E-state index contributed by atoms with van der Waals surface area (Å²) in [4.78, 5) is 11.7. The van der Waals surface area contributed by atoms with E-state index < -0.39 is 41.4 Å². The molecule has 0 aromatic rings. The highest BCUT2D eigenvalue weighted by atomic mass is 19.4. The molecule has 3 nitrogen and oxygen atoms in total. The predicted octanol–water partition coefficient (Wildman–Crippen LogP) is 3.79. The van der Waals surface area contributed by atoms with Crippen molar-refractivity contribution in [1.29, 1.82) is 0 Å². The lowest BCUT2D eigenvalue weighted by Crippen LogP contribution is -2.49. The molecule has 126 valence electrons. The number of esters is 1. The maximum absolute atomic E-state index is 13.9. The van der Waals surface area contributed by atoms with Crippen LogP contribution in [0.3, 0.4) is 0 Å². The first-order chi connectivity index (χ1) is 9.04. The first kappa shape index (κ1) is 20.1. The smallest absolute Gasteiger partial charge is 0.417 e. The van der Waals surface area contributed by atoms with Crippen LogP contribution in [0.15, 0.2) is 0 Å². The molecule has 0 saturated heterocycles. The number of rotatable bonds is 5. The Morgan fingerprint density at radius 1 is 1.10 bits per heavy atom. The van der Waals surface area contributed by atoms with Crippen LogP contribution in [0.1, 0.15) is 54.4 Å². The molecular formula is C14H24F4O3. The number of alkyl halides is 4. The monoisotopic (exact) mass is 316 g/mol. The van der Waals surface area contributed by atoms with E-state index in [2.05, 4.69) is 0 Å². The molecule has 0 aliphatic carbocycles. The van der Waals surface area contributed by atoms with Crippen molar-refractivity contribution in [1.82, 2.24) is 0 Å². The van der Waals surface area contributed by atoms with Gasteiger partial charge in [0.2, 0.25) is 5.67 Å². The molecular weight excluding hydrogens is 292 g/mol. The largest absolute Gasteiger partial charge is 0.459 e.